The predicted octanol–water partition coefficient (Wildman–Crippen LogP) is 3.45. The van der Waals surface area contributed by atoms with Gasteiger partial charge in [0.15, 0.2) is 0 Å². The van der Waals surface area contributed by atoms with E-state index in [-0.39, 0.29) is 0 Å². The van der Waals surface area contributed by atoms with Gasteiger partial charge < -0.3 is 15.0 Å². The summed E-state index contributed by atoms with van der Waals surface area (Å²) in [6, 6.07) is 6.84. The summed E-state index contributed by atoms with van der Waals surface area (Å²) < 4.78 is 5.07. The van der Waals surface area contributed by atoms with Gasteiger partial charge in [-0.05, 0) is 30.9 Å². The van der Waals surface area contributed by atoms with Crippen molar-refractivity contribution in [1.82, 2.24) is 5.32 Å². The van der Waals surface area contributed by atoms with Crippen LogP contribution < -0.4 is 10.2 Å². The van der Waals surface area contributed by atoms with Crippen LogP contribution in [0.2, 0.25) is 5.02 Å². The summed E-state index contributed by atoms with van der Waals surface area (Å²) in [6.45, 7) is 5.81. The number of para-hydroxylation sites is 1. The SMILES string of the molecule is CCC1CCCN1c1c(Cl)cccc1CNCCOC. The third-order valence-electron chi connectivity index (χ3n) is 4.00. The standard InChI is InChI=1S/C16H25ClN2O/c1-3-14-7-5-10-19(14)16-13(6-4-8-15(16)17)12-18-9-11-20-2/h4,6,8,14,18H,3,5,7,9-12H2,1-2H3. The Balaban J connectivity index is 2.13. The molecule has 1 aliphatic heterocycles. The van der Waals surface area contributed by atoms with Crippen LogP contribution in [0.25, 0.3) is 0 Å². The van der Waals surface area contributed by atoms with Crippen molar-refractivity contribution in [2.45, 2.75) is 38.8 Å². The monoisotopic (exact) mass is 296 g/mol. The fourth-order valence-corrected chi connectivity index (χ4v) is 3.28. The molecular weight excluding hydrogens is 272 g/mol. The lowest BCUT2D eigenvalue weighted by atomic mass is 10.1. The molecule has 1 aliphatic rings. The number of hydrogen-bond donors (Lipinski definition) is 1. The summed E-state index contributed by atoms with van der Waals surface area (Å²) in [5.74, 6) is 0. The van der Waals surface area contributed by atoms with E-state index in [2.05, 4.69) is 23.2 Å². The molecule has 1 N–H and O–H groups in total. The van der Waals surface area contributed by atoms with Crippen molar-refractivity contribution >= 4 is 17.3 Å². The van der Waals surface area contributed by atoms with Gasteiger partial charge in [0, 0.05) is 32.8 Å². The van der Waals surface area contributed by atoms with Gasteiger partial charge in [-0.3, -0.25) is 0 Å². The topological polar surface area (TPSA) is 24.5 Å². The van der Waals surface area contributed by atoms with Crippen molar-refractivity contribution in [2.75, 3.05) is 31.7 Å². The second-order valence-electron chi connectivity index (χ2n) is 5.31. The molecule has 1 saturated heterocycles. The van der Waals surface area contributed by atoms with E-state index in [4.69, 9.17) is 16.3 Å². The predicted molar refractivity (Wildman–Crippen MR) is 85.7 cm³/mol. The third kappa shape index (κ3) is 3.66. The zero-order chi connectivity index (χ0) is 14.4. The Hall–Kier alpha value is -0.770. The first kappa shape index (κ1) is 15.6. The lowest BCUT2D eigenvalue weighted by Crippen LogP contribution is -2.30. The Labute approximate surface area is 127 Å². The van der Waals surface area contributed by atoms with E-state index in [1.165, 1.54) is 30.5 Å². The Bertz CT molecular complexity index is 425. The zero-order valence-corrected chi connectivity index (χ0v) is 13.2. The molecule has 1 fully saturated rings. The van der Waals surface area contributed by atoms with Gasteiger partial charge in [-0.25, -0.2) is 0 Å². The highest BCUT2D eigenvalue weighted by atomic mass is 35.5. The first-order valence-electron chi connectivity index (χ1n) is 7.51. The molecule has 0 aliphatic carbocycles. The largest absolute Gasteiger partial charge is 0.383 e. The number of benzene rings is 1. The van der Waals surface area contributed by atoms with Crippen molar-refractivity contribution < 1.29 is 4.74 Å². The quantitative estimate of drug-likeness (QED) is 0.780. The average Bonchev–Trinajstić information content (AvgIpc) is 2.91. The van der Waals surface area contributed by atoms with Crippen LogP contribution in [0.5, 0.6) is 0 Å². The van der Waals surface area contributed by atoms with E-state index in [9.17, 15) is 0 Å². The number of hydrogen-bond acceptors (Lipinski definition) is 3. The van der Waals surface area contributed by atoms with Gasteiger partial charge in [-0.15, -0.1) is 0 Å². The number of nitrogens with zero attached hydrogens (tertiary/aromatic N) is 1. The molecule has 20 heavy (non-hydrogen) atoms. The normalized spacial score (nSPS) is 18.8. The van der Waals surface area contributed by atoms with E-state index in [1.54, 1.807) is 7.11 Å². The van der Waals surface area contributed by atoms with Crippen molar-refractivity contribution in [3.05, 3.63) is 28.8 Å². The van der Waals surface area contributed by atoms with Gasteiger partial charge in [-0.1, -0.05) is 30.7 Å². The van der Waals surface area contributed by atoms with E-state index in [1.807, 2.05) is 12.1 Å². The Morgan fingerprint density at radius 3 is 3.05 bits per heavy atom. The van der Waals surface area contributed by atoms with Gasteiger partial charge in [0.2, 0.25) is 0 Å². The second kappa shape index (κ2) is 7.87. The summed E-state index contributed by atoms with van der Waals surface area (Å²) in [6.07, 6.45) is 3.72. The molecule has 4 heteroatoms. The molecule has 2 rings (SSSR count). The highest BCUT2D eigenvalue weighted by molar-refractivity contribution is 6.33. The van der Waals surface area contributed by atoms with Crippen LogP contribution in [0, 0.1) is 0 Å². The number of anilines is 1. The van der Waals surface area contributed by atoms with E-state index in [0.29, 0.717) is 6.04 Å². The molecule has 0 bridgehead atoms. The van der Waals surface area contributed by atoms with Crippen LogP contribution in [0.1, 0.15) is 31.7 Å². The number of methoxy groups -OCH3 is 1. The molecule has 112 valence electrons. The first-order chi connectivity index (χ1) is 9.77. The molecule has 1 aromatic rings. The molecule has 3 nitrogen and oxygen atoms in total. The fraction of sp³-hybridized carbons (Fsp3) is 0.625. The fourth-order valence-electron chi connectivity index (χ4n) is 2.98. The van der Waals surface area contributed by atoms with Gasteiger partial charge in [0.25, 0.3) is 0 Å². The van der Waals surface area contributed by atoms with Crippen LogP contribution >= 0.6 is 11.6 Å². The minimum atomic E-state index is 0.632. The Morgan fingerprint density at radius 2 is 2.30 bits per heavy atom. The van der Waals surface area contributed by atoms with Gasteiger partial charge in [0.1, 0.15) is 0 Å². The Kier molecular flexibility index (Phi) is 6.14. The number of rotatable bonds is 7. The number of ether oxygens (including phenoxy) is 1. The Morgan fingerprint density at radius 1 is 1.45 bits per heavy atom. The highest BCUT2D eigenvalue weighted by Gasteiger charge is 2.26. The zero-order valence-electron chi connectivity index (χ0n) is 12.5. The van der Waals surface area contributed by atoms with E-state index < -0.39 is 0 Å². The van der Waals surface area contributed by atoms with Gasteiger partial charge in [-0.2, -0.15) is 0 Å². The molecular formula is C16H25ClN2O. The number of nitrogens with one attached hydrogen (secondary N) is 1. The molecule has 0 radical (unpaired) electrons. The minimum absolute atomic E-state index is 0.632. The molecule has 1 heterocycles. The molecule has 1 atom stereocenters. The van der Waals surface area contributed by atoms with Crippen LogP contribution in [0.15, 0.2) is 18.2 Å². The smallest absolute Gasteiger partial charge is 0.0643 e. The van der Waals surface area contributed by atoms with Crippen molar-refractivity contribution in [2.24, 2.45) is 0 Å². The lowest BCUT2D eigenvalue weighted by Gasteiger charge is -2.29. The molecule has 0 saturated carbocycles. The third-order valence-corrected chi connectivity index (χ3v) is 4.31. The van der Waals surface area contributed by atoms with Crippen molar-refractivity contribution in [3.8, 4) is 0 Å². The van der Waals surface area contributed by atoms with Crippen LogP contribution in [-0.4, -0.2) is 32.8 Å². The van der Waals surface area contributed by atoms with E-state index >= 15 is 0 Å². The maximum atomic E-state index is 6.48. The molecule has 0 aromatic heterocycles. The summed E-state index contributed by atoms with van der Waals surface area (Å²) in [7, 11) is 1.72. The van der Waals surface area contributed by atoms with Crippen LogP contribution in [-0.2, 0) is 11.3 Å². The molecule has 0 spiro atoms. The summed E-state index contributed by atoms with van der Waals surface area (Å²) in [4.78, 5) is 2.50. The van der Waals surface area contributed by atoms with Crippen LogP contribution in [0.4, 0.5) is 5.69 Å². The van der Waals surface area contributed by atoms with Gasteiger partial charge >= 0.3 is 0 Å². The minimum Gasteiger partial charge on any atom is -0.383 e. The maximum absolute atomic E-state index is 6.48. The molecule has 1 aromatic carbocycles. The summed E-state index contributed by atoms with van der Waals surface area (Å²) in [5.41, 5.74) is 2.51. The molecule has 1 unspecified atom stereocenters. The van der Waals surface area contributed by atoms with Crippen molar-refractivity contribution in [1.29, 1.82) is 0 Å². The summed E-state index contributed by atoms with van der Waals surface area (Å²) >= 11 is 6.48. The van der Waals surface area contributed by atoms with Crippen molar-refractivity contribution in [3.63, 3.8) is 0 Å². The van der Waals surface area contributed by atoms with Gasteiger partial charge in [0.05, 0.1) is 17.3 Å². The average molecular weight is 297 g/mol. The first-order valence-corrected chi connectivity index (χ1v) is 7.89. The molecule has 0 amide bonds. The second-order valence-corrected chi connectivity index (χ2v) is 5.72. The summed E-state index contributed by atoms with van der Waals surface area (Å²) in [5, 5.41) is 4.29. The van der Waals surface area contributed by atoms with Crippen LogP contribution in [0.3, 0.4) is 0 Å². The van der Waals surface area contributed by atoms with E-state index in [0.717, 1.165) is 31.3 Å². The highest BCUT2D eigenvalue weighted by Crippen LogP contribution is 2.35. The lowest BCUT2D eigenvalue weighted by molar-refractivity contribution is 0.199. The number of halogens is 1. The maximum Gasteiger partial charge on any atom is 0.0643 e.